The van der Waals surface area contributed by atoms with E-state index in [-0.39, 0.29) is 24.5 Å². The van der Waals surface area contributed by atoms with Crippen LogP contribution in [0.1, 0.15) is 41.3 Å². The molecule has 0 fully saturated rings. The summed E-state index contributed by atoms with van der Waals surface area (Å²) in [6.45, 7) is 3.91. The third kappa shape index (κ3) is 4.67. The fourth-order valence-corrected chi connectivity index (χ4v) is 2.43. The van der Waals surface area contributed by atoms with Crippen molar-refractivity contribution in [1.82, 2.24) is 0 Å². The van der Waals surface area contributed by atoms with Gasteiger partial charge in [-0.2, -0.15) is 0 Å². The van der Waals surface area contributed by atoms with Crippen molar-refractivity contribution in [3.05, 3.63) is 64.2 Å². The van der Waals surface area contributed by atoms with Crippen molar-refractivity contribution >= 4 is 29.0 Å². The number of aryl methyl sites for hydroxylation is 1. The highest BCUT2D eigenvalue weighted by atomic mass is 35.5. The first kappa shape index (κ1) is 17.2. The van der Waals surface area contributed by atoms with Crippen LogP contribution in [0.4, 0.5) is 5.69 Å². The van der Waals surface area contributed by atoms with Gasteiger partial charge in [-0.15, -0.1) is 0 Å². The van der Waals surface area contributed by atoms with Crippen molar-refractivity contribution in [3.63, 3.8) is 0 Å². The Labute approximate surface area is 141 Å². The van der Waals surface area contributed by atoms with E-state index in [4.69, 9.17) is 11.6 Å². The zero-order chi connectivity index (χ0) is 16.8. The highest BCUT2D eigenvalue weighted by molar-refractivity contribution is 6.31. The number of hydrogen-bond donors (Lipinski definition) is 1. The zero-order valence-corrected chi connectivity index (χ0v) is 14.1. The standard InChI is InChI=1S/C19H20ClNO2/c1-3-14-7-9-15(10-8-14)18(22)11-12-19(23)21-17-6-4-5-16(20)13(17)2/h4-10H,3,11-12H2,1-2H3,(H,21,23). The minimum atomic E-state index is -0.186. The summed E-state index contributed by atoms with van der Waals surface area (Å²) in [6, 6.07) is 12.9. The topological polar surface area (TPSA) is 46.2 Å². The van der Waals surface area contributed by atoms with Crippen molar-refractivity contribution < 1.29 is 9.59 Å². The van der Waals surface area contributed by atoms with Gasteiger partial charge in [0.2, 0.25) is 5.91 Å². The van der Waals surface area contributed by atoms with Gasteiger partial charge in [-0.1, -0.05) is 48.9 Å². The molecule has 0 radical (unpaired) electrons. The first-order chi connectivity index (χ1) is 11.0. The van der Waals surface area contributed by atoms with Crippen LogP contribution in [0.25, 0.3) is 0 Å². The van der Waals surface area contributed by atoms with Gasteiger partial charge in [-0.3, -0.25) is 9.59 Å². The van der Waals surface area contributed by atoms with E-state index in [0.717, 1.165) is 12.0 Å². The van der Waals surface area contributed by atoms with Crippen LogP contribution >= 0.6 is 11.6 Å². The van der Waals surface area contributed by atoms with Gasteiger partial charge in [0.05, 0.1) is 0 Å². The average molecular weight is 330 g/mol. The van der Waals surface area contributed by atoms with Gasteiger partial charge in [0.25, 0.3) is 0 Å². The Hall–Kier alpha value is -2.13. The molecule has 4 heteroatoms. The van der Waals surface area contributed by atoms with E-state index in [2.05, 4.69) is 12.2 Å². The largest absolute Gasteiger partial charge is 0.326 e. The Morgan fingerprint density at radius 2 is 1.74 bits per heavy atom. The SMILES string of the molecule is CCc1ccc(C(=O)CCC(=O)Nc2cccc(Cl)c2C)cc1. The first-order valence-corrected chi connectivity index (χ1v) is 8.06. The quantitative estimate of drug-likeness (QED) is 0.773. The number of ketones is 1. The fraction of sp³-hybridized carbons (Fsp3) is 0.263. The molecule has 2 rings (SSSR count). The maximum absolute atomic E-state index is 12.1. The van der Waals surface area contributed by atoms with E-state index >= 15 is 0 Å². The molecule has 0 aliphatic heterocycles. The minimum absolute atomic E-state index is 0.0226. The summed E-state index contributed by atoms with van der Waals surface area (Å²) in [5.41, 5.74) is 3.34. The molecule has 0 aromatic heterocycles. The first-order valence-electron chi connectivity index (χ1n) is 7.68. The number of amides is 1. The van der Waals surface area contributed by atoms with Crippen LogP contribution in [0.2, 0.25) is 5.02 Å². The molecule has 0 saturated heterocycles. The summed E-state index contributed by atoms with van der Waals surface area (Å²) >= 11 is 6.02. The molecule has 2 aromatic rings. The van der Waals surface area contributed by atoms with E-state index in [1.54, 1.807) is 18.2 Å². The lowest BCUT2D eigenvalue weighted by atomic mass is 10.0. The predicted octanol–water partition coefficient (Wildman–Crippen LogP) is 4.81. The van der Waals surface area contributed by atoms with Crippen LogP contribution in [-0.4, -0.2) is 11.7 Å². The molecule has 0 saturated carbocycles. The molecule has 1 N–H and O–H groups in total. The van der Waals surface area contributed by atoms with Gasteiger partial charge in [0.1, 0.15) is 0 Å². The lowest BCUT2D eigenvalue weighted by Crippen LogP contribution is -2.14. The van der Waals surface area contributed by atoms with E-state index in [1.807, 2.05) is 31.2 Å². The monoisotopic (exact) mass is 329 g/mol. The maximum atomic E-state index is 12.1. The van der Waals surface area contributed by atoms with Crippen molar-refractivity contribution in [2.24, 2.45) is 0 Å². The Bertz CT molecular complexity index is 708. The molecule has 23 heavy (non-hydrogen) atoms. The summed E-state index contributed by atoms with van der Waals surface area (Å²) in [7, 11) is 0. The van der Waals surface area contributed by atoms with Gasteiger partial charge in [0, 0.05) is 29.1 Å². The van der Waals surface area contributed by atoms with E-state index in [9.17, 15) is 9.59 Å². The number of halogens is 1. The van der Waals surface area contributed by atoms with Crippen molar-refractivity contribution in [3.8, 4) is 0 Å². The van der Waals surface area contributed by atoms with Gasteiger partial charge in [-0.05, 0) is 36.6 Å². The number of carbonyl (C=O) groups excluding carboxylic acids is 2. The third-order valence-electron chi connectivity index (χ3n) is 3.81. The molecule has 0 unspecified atom stereocenters. The highest BCUT2D eigenvalue weighted by Crippen LogP contribution is 2.23. The van der Waals surface area contributed by atoms with Crippen LogP contribution in [0.15, 0.2) is 42.5 Å². The fourth-order valence-electron chi connectivity index (χ4n) is 2.25. The predicted molar refractivity (Wildman–Crippen MR) is 94.2 cm³/mol. The number of anilines is 1. The van der Waals surface area contributed by atoms with Crippen LogP contribution in [0.5, 0.6) is 0 Å². The van der Waals surface area contributed by atoms with Crippen molar-refractivity contribution in [2.45, 2.75) is 33.1 Å². The summed E-state index contributed by atoms with van der Waals surface area (Å²) in [5.74, 6) is -0.209. The smallest absolute Gasteiger partial charge is 0.224 e. The number of nitrogens with one attached hydrogen (secondary N) is 1. The van der Waals surface area contributed by atoms with Crippen LogP contribution < -0.4 is 5.32 Å². The summed E-state index contributed by atoms with van der Waals surface area (Å²) in [6.07, 6.45) is 1.28. The summed E-state index contributed by atoms with van der Waals surface area (Å²) in [5, 5.41) is 3.41. The van der Waals surface area contributed by atoms with E-state index < -0.39 is 0 Å². The molecule has 0 aliphatic carbocycles. The summed E-state index contributed by atoms with van der Waals surface area (Å²) < 4.78 is 0. The summed E-state index contributed by atoms with van der Waals surface area (Å²) in [4.78, 5) is 24.1. The molecule has 3 nitrogen and oxygen atoms in total. The molecule has 2 aromatic carbocycles. The molecular weight excluding hydrogens is 310 g/mol. The minimum Gasteiger partial charge on any atom is -0.326 e. The van der Waals surface area contributed by atoms with E-state index in [0.29, 0.717) is 16.3 Å². The third-order valence-corrected chi connectivity index (χ3v) is 4.21. The Morgan fingerprint density at radius 1 is 1.04 bits per heavy atom. The molecule has 0 atom stereocenters. The molecule has 1 amide bonds. The van der Waals surface area contributed by atoms with Crippen molar-refractivity contribution in [2.75, 3.05) is 5.32 Å². The Morgan fingerprint density at radius 3 is 2.39 bits per heavy atom. The lowest BCUT2D eigenvalue weighted by Gasteiger charge is -2.09. The average Bonchev–Trinajstić information content (AvgIpc) is 2.57. The molecule has 0 aliphatic rings. The van der Waals surface area contributed by atoms with Crippen LogP contribution in [-0.2, 0) is 11.2 Å². The van der Waals surface area contributed by atoms with Gasteiger partial charge >= 0.3 is 0 Å². The van der Waals surface area contributed by atoms with Crippen LogP contribution in [0.3, 0.4) is 0 Å². The van der Waals surface area contributed by atoms with Gasteiger partial charge in [-0.25, -0.2) is 0 Å². The molecule has 0 spiro atoms. The second-order valence-electron chi connectivity index (χ2n) is 5.43. The molecular formula is C19H20ClNO2. The maximum Gasteiger partial charge on any atom is 0.224 e. The second-order valence-corrected chi connectivity index (χ2v) is 5.84. The van der Waals surface area contributed by atoms with Crippen molar-refractivity contribution in [1.29, 1.82) is 0 Å². The Balaban J connectivity index is 1.90. The number of carbonyl (C=O) groups is 2. The number of benzene rings is 2. The molecule has 120 valence electrons. The normalized spacial score (nSPS) is 10.4. The number of hydrogen-bond acceptors (Lipinski definition) is 2. The number of Topliss-reactive ketones (excluding diaryl/α,β-unsaturated/α-hetero) is 1. The van der Waals surface area contributed by atoms with Crippen LogP contribution in [0, 0.1) is 6.92 Å². The molecule has 0 heterocycles. The van der Waals surface area contributed by atoms with E-state index in [1.165, 1.54) is 5.56 Å². The lowest BCUT2D eigenvalue weighted by molar-refractivity contribution is -0.116. The highest BCUT2D eigenvalue weighted by Gasteiger charge is 2.11. The van der Waals surface area contributed by atoms with Gasteiger partial charge < -0.3 is 5.32 Å². The number of rotatable bonds is 6. The van der Waals surface area contributed by atoms with Gasteiger partial charge in [0.15, 0.2) is 5.78 Å². The molecule has 0 bridgehead atoms. The second kappa shape index (κ2) is 7.93. The zero-order valence-electron chi connectivity index (χ0n) is 13.4. The Kier molecular flexibility index (Phi) is 5.94.